The summed E-state index contributed by atoms with van der Waals surface area (Å²) >= 11 is 0.950. The minimum atomic E-state index is -1.09. The Kier molecular flexibility index (Phi) is 4.88. The van der Waals surface area contributed by atoms with Crippen LogP contribution in [0.1, 0.15) is 15.2 Å². The number of carbonyl (C=O) groups excluding carboxylic acids is 1. The fraction of sp³-hybridized carbons (Fsp3) is 0.385. The topological polar surface area (TPSA) is 111 Å². The van der Waals surface area contributed by atoms with Crippen molar-refractivity contribution in [1.29, 1.82) is 0 Å². The van der Waals surface area contributed by atoms with Crippen molar-refractivity contribution >= 4 is 33.4 Å². The van der Waals surface area contributed by atoms with Gasteiger partial charge in [0.2, 0.25) is 5.91 Å². The standard InChI is InChI=1S/C13H15N3O5S/c1-7-9-11(22-10(7)13(19)20)15-6-16(12(9)18)5-8(17)14-3-4-21-2/h6H,3-5H2,1-2H3,(H,14,17)(H,19,20). The molecule has 0 spiro atoms. The number of thiophene rings is 1. The van der Waals surface area contributed by atoms with Crippen LogP contribution in [-0.4, -0.2) is 46.8 Å². The number of carbonyl (C=O) groups is 2. The van der Waals surface area contributed by atoms with Crippen molar-refractivity contribution in [2.45, 2.75) is 13.5 Å². The molecule has 0 saturated carbocycles. The van der Waals surface area contributed by atoms with Gasteiger partial charge in [-0.25, -0.2) is 9.78 Å². The number of carboxylic acid groups (broad SMARTS) is 1. The summed E-state index contributed by atoms with van der Waals surface area (Å²) in [5.41, 5.74) is -0.0488. The molecule has 0 saturated heterocycles. The SMILES string of the molecule is COCCNC(=O)Cn1cnc2sc(C(=O)O)c(C)c2c1=O. The Morgan fingerprint density at radius 3 is 2.86 bits per heavy atom. The highest BCUT2D eigenvalue weighted by molar-refractivity contribution is 7.20. The maximum Gasteiger partial charge on any atom is 0.346 e. The first kappa shape index (κ1) is 16.1. The van der Waals surface area contributed by atoms with Gasteiger partial charge in [0.15, 0.2) is 0 Å². The smallest absolute Gasteiger partial charge is 0.346 e. The summed E-state index contributed by atoms with van der Waals surface area (Å²) in [6, 6.07) is 0. The number of hydrogen-bond acceptors (Lipinski definition) is 6. The van der Waals surface area contributed by atoms with Crippen LogP contribution >= 0.6 is 11.3 Å². The van der Waals surface area contributed by atoms with Crippen LogP contribution < -0.4 is 10.9 Å². The molecule has 0 aliphatic rings. The van der Waals surface area contributed by atoms with Crippen LogP contribution in [0, 0.1) is 6.92 Å². The first-order valence-corrected chi connectivity index (χ1v) is 7.24. The molecule has 9 heteroatoms. The molecule has 0 aromatic carbocycles. The van der Waals surface area contributed by atoms with E-state index in [2.05, 4.69) is 10.3 Å². The van der Waals surface area contributed by atoms with Crippen LogP contribution in [0.15, 0.2) is 11.1 Å². The van der Waals surface area contributed by atoms with Crippen molar-refractivity contribution in [3.05, 3.63) is 27.1 Å². The number of methoxy groups -OCH3 is 1. The van der Waals surface area contributed by atoms with E-state index >= 15 is 0 Å². The summed E-state index contributed by atoms with van der Waals surface area (Å²) < 4.78 is 5.98. The molecule has 118 valence electrons. The number of nitrogens with one attached hydrogen (secondary N) is 1. The zero-order valence-electron chi connectivity index (χ0n) is 12.1. The van der Waals surface area contributed by atoms with Gasteiger partial charge in [-0.1, -0.05) is 0 Å². The predicted molar refractivity (Wildman–Crippen MR) is 80.5 cm³/mol. The molecule has 2 heterocycles. The molecule has 0 aliphatic carbocycles. The summed E-state index contributed by atoms with van der Waals surface area (Å²) in [6.45, 7) is 2.11. The van der Waals surface area contributed by atoms with Crippen LogP contribution in [-0.2, 0) is 16.1 Å². The number of rotatable bonds is 6. The number of carboxylic acids is 1. The second kappa shape index (κ2) is 6.67. The molecule has 0 atom stereocenters. The van der Waals surface area contributed by atoms with Crippen molar-refractivity contribution in [3.63, 3.8) is 0 Å². The Morgan fingerprint density at radius 2 is 2.23 bits per heavy atom. The summed E-state index contributed by atoms with van der Waals surface area (Å²) in [5.74, 6) is -1.43. The van der Waals surface area contributed by atoms with Crippen LogP contribution in [0.5, 0.6) is 0 Å². The van der Waals surface area contributed by atoms with Gasteiger partial charge < -0.3 is 15.2 Å². The number of nitrogens with zero attached hydrogens (tertiary/aromatic N) is 2. The average molecular weight is 325 g/mol. The summed E-state index contributed by atoms with van der Waals surface area (Å²) in [7, 11) is 1.52. The molecule has 2 aromatic rings. The number of amides is 1. The molecule has 0 unspecified atom stereocenters. The second-order valence-electron chi connectivity index (χ2n) is 4.56. The van der Waals surface area contributed by atoms with Crippen LogP contribution in [0.3, 0.4) is 0 Å². The molecule has 1 amide bonds. The van der Waals surface area contributed by atoms with Gasteiger partial charge in [-0.15, -0.1) is 11.3 Å². The maximum absolute atomic E-state index is 12.4. The fourth-order valence-electron chi connectivity index (χ4n) is 1.98. The van der Waals surface area contributed by atoms with Crippen molar-refractivity contribution in [2.24, 2.45) is 0 Å². The first-order chi connectivity index (χ1) is 10.5. The zero-order valence-corrected chi connectivity index (χ0v) is 12.9. The monoisotopic (exact) mass is 325 g/mol. The van der Waals surface area contributed by atoms with Gasteiger partial charge >= 0.3 is 5.97 Å². The van der Waals surface area contributed by atoms with Crippen molar-refractivity contribution in [3.8, 4) is 0 Å². The molecule has 22 heavy (non-hydrogen) atoms. The van der Waals surface area contributed by atoms with Crippen molar-refractivity contribution < 1.29 is 19.4 Å². The van der Waals surface area contributed by atoms with E-state index in [4.69, 9.17) is 9.84 Å². The van der Waals surface area contributed by atoms with E-state index in [9.17, 15) is 14.4 Å². The van der Waals surface area contributed by atoms with Crippen LogP contribution in [0.25, 0.3) is 10.2 Å². The Morgan fingerprint density at radius 1 is 1.50 bits per heavy atom. The van der Waals surface area contributed by atoms with Gasteiger partial charge in [0.05, 0.1) is 18.3 Å². The summed E-state index contributed by atoms with van der Waals surface area (Å²) in [4.78, 5) is 39.7. The van der Waals surface area contributed by atoms with Gasteiger partial charge in [0.1, 0.15) is 16.3 Å². The van der Waals surface area contributed by atoms with Gasteiger partial charge in [-0.2, -0.15) is 0 Å². The number of hydrogen-bond donors (Lipinski definition) is 2. The third kappa shape index (κ3) is 3.15. The van der Waals surface area contributed by atoms with Gasteiger partial charge in [0.25, 0.3) is 5.56 Å². The molecule has 0 bridgehead atoms. The molecule has 0 aliphatic heterocycles. The largest absolute Gasteiger partial charge is 0.477 e. The first-order valence-electron chi connectivity index (χ1n) is 6.43. The van der Waals surface area contributed by atoms with E-state index in [1.807, 2.05) is 0 Å². The number of aromatic carboxylic acids is 1. The quantitative estimate of drug-likeness (QED) is 0.736. The van der Waals surface area contributed by atoms with E-state index in [0.717, 1.165) is 15.9 Å². The molecular formula is C13H15N3O5S. The lowest BCUT2D eigenvalue weighted by Gasteiger charge is -2.06. The van der Waals surface area contributed by atoms with E-state index in [0.29, 0.717) is 23.5 Å². The fourth-order valence-corrected chi connectivity index (χ4v) is 2.96. The number of aryl methyl sites for hydroxylation is 1. The Bertz CT molecular complexity index is 780. The van der Waals surface area contributed by atoms with Gasteiger partial charge in [0, 0.05) is 13.7 Å². The highest BCUT2D eigenvalue weighted by Gasteiger charge is 2.19. The lowest BCUT2D eigenvalue weighted by atomic mass is 10.2. The average Bonchev–Trinajstić information content (AvgIpc) is 2.80. The van der Waals surface area contributed by atoms with Gasteiger partial charge in [-0.3, -0.25) is 14.2 Å². The van der Waals surface area contributed by atoms with Crippen molar-refractivity contribution in [2.75, 3.05) is 20.3 Å². The normalized spacial score (nSPS) is 10.8. The lowest BCUT2D eigenvalue weighted by molar-refractivity contribution is -0.121. The minimum Gasteiger partial charge on any atom is -0.477 e. The molecule has 2 rings (SSSR count). The van der Waals surface area contributed by atoms with E-state index in [1.165, 1.54) is 13.4 Å². The molecular weight excluding hydrogens is 310 g/mol. The predicted octanol–water partition coefficient (Wildman–Crippen LogP) is 0.227. The summed E-state index contributed by atoms with van der Waals surface area (Å²) in [6.07, 6.45) is 1.25. The molecule has 2 N–H and O–H groups in total. The Hall–Kier alpha value is -2.26. The summed E-state index contributed by atoms with van der Waals surface area (Å²) in [5, 5.41) is 11.9. The van der Waals surface area contributed by atoms with E-state index < -0.39 is 11.5 Å². The number of fused-ring (bicyclic) bond motifs is 1. The molecule has 0 radical (unpaired) electrons. The van der Waals surface area contributed by atoms with E-state index in [1.54, 1.807) is 6.92 Å². The zero-order chi connectivity index (χ0) is 16.3. The van der Waals surface area contributed by atoms with Crippen molar-refractivity contribution in [1.82, 2.24) is 14.9 Å². The van der Waals surface area contributed by atoms with Gasteiger partial charge in [-0.05, 0) is 12.5 Å². The third-order valence-electron chi connectivity index (χ3n) is 3.05. The number of ether oxygens (including phenoxy) is 1. The Labute approximate surface area is 129 Å². The number of aromatic nitrogens is 2. The highest BCUT2D eigenvalue weighted by atomic mass is 32.1. The second-order valence-corrected chi connectivity index (χ2v) is 5.56. The maximum atomic E-state index is 12.4. The molecule has 8 nitrogen and oxygen atoms in total. The highest BCUT2D eigenvalue weighted by Crippen LogP contribution is 2.26. The molecule has 0 fully saturated rings. The minimum absolute atomic E-state index is 0.0851. The van der Waals surface area contributed by atoms with Crippen LogP contribution in [0.2, 0.25) is 0 Å². The van der Waals surface area contributed by atoms with Crippen LogP contribution in [0.4, 0.5) is 0 Å². The third-order valence-corrected chi connectivity index (χ3v) is 4.24. The lowest BCUT2D eigenvalue weighted by Crippen LogP contribution is -2.34. The Balaban J connectivity index is 2.31. The van der Waals surface area contributed by atoms with E-state index in [-0.39, 0.29) is 22.7 Å². The molecule has 2 aromatic heterocycles.